The third kappa shape index (κ3) is 8.38. The number of hydrogen-bond donors (Lipinski definition) is 4. The number of halogens is 3. The minimum Gasteiger partial charge on any atom is -0.385 e. The molecule has 0 bridgehead atoms. The molecule has 0 aliphatic rings. The predicted octanol–water partition coefficient (Wildman–Crippen LogP) is 5.00. The van der Waals surface area contributed by atoms with Gasteiger partial charge in [-0.05, 0) is 73.7 Å². The summed E-state index contributed by atoms with van der Waals surface area (Å²) >= 11 is 6.25. The Kier molecular flexibility index (Phi) is 11.8. The highest BCUT2D eigenvalue weighted by Gasteiger charge is 2.16. The zero-order valence-electron chi connectivity index (χ0n) is 24.7. The Morgan fingerprint density at radius 3 is 2.75 bits per heavy atom. The van der Waals surface area contributed by atoms with Crippen molar-refractivity contribution in [3.05, 3.63) is 93.8 Å². The number of H-pyrrole nitrogens is 1. The van der Waals surface area contributed by atoms with Crippen LogP contribution in [-0.2, 0) is 11.2 Å². The van der Waals surface area contributed by atoms with Crippen LogP contribution in [0.15, 0.2) is 71.1 Å². The predicted molar refractivity (Wildman–Crippen MR) is 173 cm³/mol. The molecule has 4 rings (SSSR count). The van der Waals surface area contributed by atoms with Crippen LogP contribution in [0.3, 0.4) is 0 Å². The highest BCUT2D eigenvalue weighted by Crippen LogP contribution is 2.31. The van der Waals surface area contributed by atoms with E-state index in [2.05, 4.69) is 26.9 Å². The van der Waals surface area contributed by atoms with Crippen molar-refractivity contribution in [3.63, 3.8) is 0 Å². The maximum Gasteiger partial charge on any atom is 0.354 e. The highest BCUT2D eigenvalue weighted by atomic mass is 35.5. The van der Waals surface area contributed by atoms with Crippen LogP contribution in [0, 0.1) is 5.82 Å². The lowest BCUT2D eigenvalue weighted by atomic mass is 10.0. The van der Waals surface area contributed by atoms with Gasteiger partial charge in [-0.1, -0.05) is 29.8 Å². The number of aromatic amines is 1. The summed E-state index contributed by atoms with van der Waals surface area (Å²) in [6, 6.07) is 12.4. The maximum absolute atomic E-state index is 15.1. The lowest BCUT2D eigenvalue weighted by Crippen LogP contribution is -2.27. The van der Waals surface area contributed by atoms with Gasteiger partial charge in [0, 0.05) is 36.8 Å². The van der Waals surface area contributed by atoms with Gasteiger partial charge in [0.05, 0.1) is 29.1 Å². The molecule has 12 heteroatoms. The van der Waals surface area contributed by atoms with Crippen LogP contribution >= 0.6 is 11.6 Å². The Morgan fingerprint density at radius 1 is 1.27 bits per heavy atom. The van der Waals surface area contributed by atoms with E-state index in [0.717, 1.165) is 24.0 Å². The third-order valence-corrected chi connectivity index (χ3v) is 7.55. The van der Waals surface area contributed by atoms with Gasteiger partial charge in [0.25, 0.3) is 0 Å². The number of amidine groups is 1. The van der Waals surface area contributed by atoms with Crippen molar-refractivity contribution in [2.45, 2.75) is 37.8 Å². The molecular weight excluding hydrogens is 588 g/mol. The van der Waals surface area contributed by atoms with Crippen molar-refractivity contribution in [3.8, 4) is 16.9 Å². The van der Waals surface area contributed by atoms with Crippen LogP contribution in [0.25, 0.3) is 28.0 Å². The standard InChI is InChI=1S/C32H38ClF2N7O2/c1-3-23(36)7-4-6-20-14-25(30(35)26(33)15-20)27-16-22-18-42(32(43)41-31(22)40-27)24-10-8-21(9-11-24)28(19-44-2)38-12-5-13-39-29(37)17-34/h3,8-11,14-16,18,23,28,38H,1,4-7,12-13,17,19,36H2,2H3,(H2,37,39)(H,40,41,43). The Hall–Kier alpha value is -3.90. The van der Waals surface area contributed by atoms with Crippen molar-refractivity contribution in [1.82, 2.24) is 19.9 Å². The molecule has 4 aromatic rings. The second-order valence-electron chi connectivity index (χ2n) is 10.5. The SMILES string of the molecule is C=CC(N)CCCc1cc(Cl)c(F)c(-c2cc3cn(-c4ccc(C(COC)NCCCN=C(N)CF)cc4)c(=O)nc3[nH]2)c1. The van der Waals surface area contributed by atoms with E-state index in [1.54, 1.807) is 37.6 Å². The van der Waals surface area contributed by atoms with Crippen molar-refractivity contribution in [1.29, 1.82) is 0 Å². The fourth-order valence-corrected chi connectivity index (χ4v) is 5.14. The normalized spacial score (nSPS) is 13.3. The average molecular weight is 626 g/mol. The summed E-state index contributed by atoms with van der Waals surface area (Å²) in [6.07, 6.45) is 6.30. The van der Waals surface area contributed by atoms with E-state index in [9.17, 15) is 9.18 Å². The largest absolute Gasteiger partial charge is 0.385 e. The molecule has 0 spiro atoms. The first kappa shape index (κ1) is 33.0. The number of benzene rings is 2. The first-order valence-electron chi connectivity index (χ1n) is 14.4. The molecule has 2 aromatic carbocycles. The van der Waals surface area contributed by atoms with E-state index in [0.29, 0.717) is 60.5 Å². The van der Waals surface area contributed by atoms with E-state index in [1.165, 1.54) is 4.57 Å². The second kappa shape index (κ2) is 15.7. The minimum atomic E-state index is -0.753. The van der Waals surface area contributed by atoms with Crippen molar-refractivity contribution in [2.75, 3.05) is 33.5 Å². The average Bonchev–Trinajstić information content (AvgIpc) is 3.43. The molecule has 44 heavy (non-hydrogen) atoms. The first-order valence-corrected chi connectivity index (χ1v) is 14.8. The molecule has 0 fully saturated rings. The van der Waals surface area contributed by atoms with E-state index in [4.69, 9.17) is 27.8 Å². The summed E-state index contributed by atoms with van der Waals surface area (Å²) in [5.74, 6) is -0.554. The fourth-order valence-electron chi connectivity index (χ4n) is 4.90. The number of nitrogens with one attached hydrogen (secondary N) is 2. The van der Waals surface area contributed by atoms with Gasteiger partial charge in [0.15, 0.2) is 5.82 Å². The minimum absolute atomic E-state index is 0.00459. The quantitative estimate of drug-likeness (QED) is 0.0599. The number of aliphatic imine (C=N–C) groups is 1. The molecule has 0 saturated carbocycles. The molecule has 6 N–H and O–H groups in total. The van der Waals surface area contributed by atoms with Gasteiger partial charge in [-0.15, -0.1) is 6.58 Å². The summed E-state index contributed by atoms with van der Waals surface area (Å²) < 4.78 is 34.4. The lowest BCUT2D eigenvalue weighted by molar-refractivity contribution is 0.167. The third-order valence-electron chi connectivity index (χ3n) is 7.28. The summed E-state index contributed by atoms with van der Waals surface area (Å²) in [4.78, 5) is 24.2. The molecule has 2 aromatic heterocycles. The summed E-state index contributed by atoms with van der Waals surface area (Å²) in [5, 5.41) is 4.07. The Bertz CT molecular complexity index is 1650. The maximum atomic E-state index is 15.1. The molecule has 234 valence electrons. The van der Waals surface area contributed by atoms with Gasteiger partial charge in [-0.3, -0.25) is 9.56 Å². The number of aromatic nitrogens is 3. The number of nitrogens with zero attached hydrogens (tertiary/aromatic N) is 3. The molecular formula is C32H38ClF2N7O2. The molecule has 0 aliphatic heterocycles. The van der Waals surface area contributed by atoms with Crippen molar-refractivity contribution >= 4 is 28.5 Å². The van der Waals surface area contributed by atoms with Crippen LogP contribution in [0.5, 0.6) is 0 Å². The van der Waals surface area contributed by atoms with Crippen LogP contribution in [0.1, 0.15) is 36.4 Å². The van der Waals surface area contributed by atoms with Gasteiger partial charge >= 0.3 is 5.69 Å². The Morgan fingerprint density at radius 2 is 2.05 bits per heavy atom. The smallest absolute Gasteiger partial charge is 0.354 e. The molecule has 0 saturated heterocycles. The molecule has 0 amide bonds. The van der Waals surface area contributed by atoms with Gasteiger partial charge < -0.3 is 26.5 Å². The Labute approximate surface area is 260 Å². The van der Waals surface area contributed by atoms with Crippen molar-refractivity contribution < 1.29 is 13.5 Å². The van der Waals surface area contributed by atoms with Gasteiger partial charge in [-0.25, -0.2) is 13.6 Å². The number of aryl methyl sites for hydroxylation is 1. The number of ether oxygens (including phenoxy) is 1. The number of methoxy groups -OCH3 is 1. The summed E-state index contributed by atoms with van der Waals surface area (Å²) in [6.45, 7) is 4.44. The molecule has 0 radical (unpaired) electrons. The lowest BCUT2D eigenvalue weighted by Gasteiger charge is -2.19. The summed E-state index contributed by atoms with van der Waals surface area (Å²) in [7, 11) is 1.62. The van der Waals surface area contributed by atoms with Crippen molar-refractivity contribution in [2.24, 2.45) is 16.5 Å². The zero-order valence-corrected chi connectivity index (χ0v) is 25.4. The molecule has 9 nitrogen and oxygen atoms in total. The zero-order chi connectivity index (χ0) is 31.6. The first-order chi connectivity index (χ1) is 21.2. The second-order valence-corrected chi connectivity index (χ2v) is 10.9. The molecule has 2 heterocycles. The van der Waals surface area contributed by atoms with Crippen LogP contribution in [0.2, 0.25) is 5.02 Å². The fraction of sp³-hybridized carbons (Fsp3) is 0.344. The number of rotatable bonds is 16. The van der Waals surface area contributed by atoms with Crippen LogP contribution in [-0.4, -0.2) is 59.9 Å². The van der Waals surface area contributed by atoms with E-state index in [-0.39, 0.29) is 22.9 Å². The number of nitrogens with two attached hydrogens (primary N) is 2. The van der Waals surface area contributed by atoms with Gasteiger partial charge in [0.1, 0.15) is 18.2 Å². The Balaban J connectivity index is 1.53. The van der Waals surface area contributed by atoms with Crippen LogP contribution in [0.4, 0.5) is 8.78 Å². The molecule has 2 atom stereocenters. The van der Waals surface area contributed by atoms with Gasteiger partial charge in [0.2, 0.25) is 0 Å². The topological polar surface area (TPSA) is 136 Å². The number of fused-ring (bicyclic) bond motifs is 1. The van der Waals surface area contributed by atoms with E-state index >= 15 is 4.39 Å². The summed E-state index contributed by atoms with van der Waals surface area (Å²) in [5.41, 5.74) is 14.4. The monoisotopic (exact) mass is 625 g/mol. The molecule has 0 aliphatic carbocycles. The number of alkyl halides is 1. The van der Waals surface area contributed by atoms with Crippen LogP contribution < -0.4 is 22.5 Å². The van der Waals surface area contributed by atoms with E-state index in [1.807, 2.05) is 24.3 Å². The molecule has 2 unspecified atom stereocenters. The highest BCUT2D eigenvalue weighted by molar-refractivity contribution is 6.31. The van der Waals surface area contributed by atoms with Gasteiger partial charge in [-0.2, -0.15) is 4.98 Å². The van der Waals surface area contributed by atoms with E-state index < -0.39 is 18.2 Å². The number of hydrogen-bond acceptors (Lipinski definition) is 6.